The van der Waals surface area contributed by atoms with E-state index < -0.39 is 11.9 Å². The molecule has 0 radical (unpaired) electrons. The molecule has 0 spiro atoms. The Balaban J connectivity index is 1.99. The lowest BCUT2D eigenvalue weighted by Gasteiger charge is -2.11. The third kappa shape index (κ3) is 4.62. The first-order valence-corrected chi connectivity index (χ1v) is 9.46. The quantitative estimate of drug-likeness (QED) is 0.356. The van der Waals surface area contributed by atoms with Crippen LogP contribution in [0.1, 0.15) is 18.1 Å². The van der Waals surface area contributed by atoms with Gasteiger partial charge < -0.3 is 23.7 Å². The largest absolute Gasteiger partial charge is 0.497 e. The maximum absolute atomic E-state index is 12.3. The number of hydrogen-bond donors (Lipinski definition) is 0. The number of cyclic esters (lactones) is 1. The molecule has 0 saturated carbocycles. The van der Waals surface area contributed by atoms with Crippen LogP contribution in [0.5, 0.6) is 23.0 Å². The average Bonchev–Trinajstić information content (AvgIpc) is 3.09. The van der Waals surface area contributed by atoms with E-state index in [0.717, 1.165) is 0 Å². The normalized spacial score (nSPS) is 14.2. The summed E-state index contributed by atoms with van der Waals surface area (Å²) in [6.07, 6.45) is 1.54. The van der Waals surface area contributed by atoms with Crippen LogP contribution in [-0.2, 0) is 14.3 Å². The van der Waals surface area contributed by atoms with E-state index in [1.165, 1.54) is 34.3 Å². The van der Waals surface area contributed by atoms with Crippen LogP contribution in [0.15, 0.2) is 45.5 Å². The van der Waals surface area contributed by atoms with Gasteiger partial charge in [0.1, 0.15) is 11.5 Å². The van der Waals surface area contributed by atoms with Gasteiger partial charge in [0.25, 0.3) is 0 Å². The second-order valence-corrected chi connectivity index (χ2v) is 6.92. The standard InChI is InChI=1S/C21H18BrNO7/c1-11(24)29-19-16(22)5-12(7-18(19)28-4)6-17-21(25)30-20(23-17)13-8-14(26-2)10-15(9-13)27-3/h5-10H,1-4H3/b17-6+. The summed E-state index contributed by atoms with van der Waals surface area (Å²) in [5.41, 5.74) is 1.22. The van der Waals surface area contributed by atoms with Crippen molar-refractivity contribution in [2.45, 2.75) is 6.92 Å². The molecular formula is C21H18BrNO7. The van der Waals surface area contributed by atoms with Crippen molar-refractivity contribution < 1.29 is 33.3 Å². The fraction of sp³-hybridized carbons (Fsp3) is 0.190. The molecule has 0 aliphatic carbocycles. The van der Waals surface area contributed by atoms with Crippen molar-refractivity contribution >= 4 is 39.8 Å². The maximum atomic E-state index is 12.3. The minimum atomic E-state index is -0.606. The number of aliphatic imine (C=N–C) groups is 1. The lowest BCUT2D eigenvalue weighted by Crippen LogP contribution is -2.06. The minimum Gasteiger partial charge on any atom is -0.497 e. The van der Waals surface area contributed by atoms with E-state index in [2.05, 4.69) is 20.9 Å². The van der Waals surface area contributed by atoms with Crippen LogP contribution >= 0.6 is 15.9 Å². The Morgan fingerprint density at radius 3 is 2.27 bits per heavy atom. The molecule has 3 rings (SSSR count). The number of methoxy groups -OCH3 is 3. The van der Waals surface area contributed by atoms with Gasteiger partial charge in [0.05, 0.1) is 25.8 Å². The Labute approximate surface area is 181 Å². The summed E-state index contributed by atoms with van der Waals surface area (Å²) >= 11 is 3.35. The molecule has 1 aliphatic rings. The van der Waals surface area contributed by atoms with E-state index in [4.69, 9.17) is 23.7 Å². The number of esters is 2. The molecule has 0 amide bonds. The maximum Gasteiger partial charge on any atom is 0.363 e. The molecule has 0 saturated heterocycles. The number of ether oxygens (including phenoxy) is 5. The van der Waals surface area contributed by atoms with Crippen LogP contribution in [0, 0.1) is 0 Å². The first-order chi connectivity index (χ1) is 14.3. The van der Waals surface area contributed by atoms with Gasteiger partial charge in [-0.25, -0.2) is 9.79 Å². The molecule has 0 atom stereocenters. The van der Waals surface area contributed by atoms with Crippen molar-refractivity contribution in [2.75, 3.05) is 21.3 Å². The van der Waals surface area contributed by atoms with Crippen LogP contribution < -0.4 is 18.9 Å². The summed E-state index contributed by atoms with van der Waals surface area (Å²) in [6, 6.07) is 8.36. The SMILES string of the molecule is COc1cc(OC)cc(C2=N/C(=C/c3cc(Br)c(OC(C)=O)c(OC)c3)C(=O)O2)c1. The molecule has 0 bridgehead atoms. The Hall–Kier alpha value is -3.33. The molecule has 1 heterocycles. The molecule has 30 heavy (non-hydrogen) atoms. The predicted octanol–water partition coefficient (Wildman–Crippen LogP) is 3.74. The molecule has 156 valence electrons. The Morgan fingerprint density at radius 1 is 1.03 bits per heavy atom. The zero-order valence-corrected chi connectivity index (χ0v) is 18.2. The minimum absolute atomic E-state index is 0.0981. The van der Waals surface area contributed by atoms with E-state index >= 15 is 0 Å². The summed E-state index contributed by atoms with van der Waals surface area (Å²) in [4.78, 5) is 27.9. The fourth-order valence-electron chi connectivity index (χ4n) is 2.69. The van der Waals surface area contributed by atoms with Gasteiger partial charge in [-0.3, -0.25) is 4.79 Å². The number of carbonyl (C=O) groups excluding carboxylic acids is 2. The molecule has 2 aromatic rings. The van der Waals surface area contributed by atoms with Crippen LogP contribution in [-0.4, -0.2) is 39.2 Å². The van der Waals surface area contributed by atoms with Gasteiger partial charge >= 0.3 is 11.9 Å². The van der Waals surface area contributed by atoms with Gasteiger partial charge in [0.2, 0.25) is 5.90 Å². The highest BCUT2D eigenvalue weighted by molar-refractivity contribution is 9.10. The average molecular weight is 476 g/mol. The zero-order chi connectivity index (χ0) is 21.8. The van der Waals surface area contributed by atoms with E-state index in [-0.39, 0.29) is 17.3 Å². The first-order valence-electron chi connectivity index (χ1n) is 8.66. The highest BCUT2D eigenvalue weighted by Crippen LogP contribution is 2.37. The van der Waals surface area contributed by atoms with Gasteiger partial charge in [-0.2, -0.15) is 0 Å². The lowest BCUT2D eigenvalue weighted by molar-refractivity contribution is -0.132. The molecule has 0 N–H and O–H groups in total. The van der Waals surface area contributed by atoms with Crippen molar-refractivity contribution in [1.29, 1.82) is 0 Å². The Bertz CT molecular complexity index is 1050. The molecular weight excluding hydrogens is 458 g/mol. The number of hydrogen-bond acceptors (Lipinski definition) is 8. The second kappa shape index (κ2) is 9.00. The summed E-state index contributed by atoms with van der Waals surface area (Å²) < 4.78 is 26.7. The predicted molar refractivity (Wildman–Crippen MR) is 112 cm³/mol. The van der Waals surface area contributed by atoms with Crippen molar-refractivity contribution in [1.82, 2.24) is 0 Å². The van der Waals surface area contributed by atoms with Gasteiger partial charge in [0, 0.05) is 18.6 Å². The van der Waals surface area contributed by atoms with Gasteiger partial charge in [0.15, 0.2) is 17.2 Å². The third-order valence-corrected chi connectivity index (χ3v) is 4.61. The summed E-state index contributed by atoms with van der Waals surface area (Å²) in [5.74, 6) is 0.679. The van der Waals surface area contributed by atoms with Gasteiger partial charge in [-0.05, 0) is 51.8 Å². The zero-order valence-electron chi connectivity index (χ0n) is 16.6. The van der Waals surface area contributed by atoms with Crippen molar-refractivity contribution in [3.63, 3.8) is 0 Å². The van der Waals surface area contributed by atoms with Crippen LogP contribution in [0.3, 0.4) is 0 Å². The number of halogens is 1. The monoisotopic (exact) mass is 475 g/mol. The summed E-state index contributed by atoms with van der Waals surface area (Å²) in [6.45, 7) is 1.29. The molecule has 8 nitrogen and oxygen atoms in total. The van der Waals surface area contributed by atoms with Crippen molar-refractivity contribution in [3.8, 4) is 23.0 Å². The van der Waals surface area contributed by atoms with Crippen molar-refractivity contribution in [3.05, 3.63) is 51.6 Å². The Morgan fingerprint density at radius 2 is 1.70 bits per heavy atom. The van der Waals surface area contributed by atoms with E-state index in [1.807, 2.05) is 0 Å². The number of nitrogens with zero attached hydrogens (tertiary/aromatic N) is 1. The smallest absolute Gasteiger partial charge is 0.363 e. The molecule has 0 aromatic heterocycles. The molecule has 0 unspecified atom stereocenters. The fourth-order valence-corrected chi connectivity index (χ4v) is 3.23. The summed E-state index contributed by atoms with van der Waals surface area (Å²) in [5, 5.41) is 0. The second-order valence-electron chi connectivity index (χ2n) is 6.07. The Kier molecular flexibility index (Phi) is 6.41. The van der Waals surface area contributed by atoms with Crippen LogP contribution in [0.2, 0.25) is 0 Å². The number of rotatable bonds is 6. The van der Waals surface area contributed by atoms with Crippen molar-refractivity contribution in [2.24, 2.45) is 4.99 Å². The van der Waals surface area contributed by atoms with Crippen LogP contribution in [0.4, 0.5) is 0 Å². The number of carbonyl (C=O) groups is 2. The van der Waals surface area contributed by atoms with Crippen LogP contribution in [0.25, 0.3) is 6.08 Å². The number of benzene rings is 2. The molecule has 0 fully saturated rings. The summed E-state index contributed by atoms with van der Waals surface area (Å²) in [7, 11) is 4.50. The molecule has 9 heteroatoms. The third-order valence-electron chi connectivity index (χ3n) is 4.02. The molecule has 2 aromatic carbocycles. The van der Waals surface area contributed by atoms with Gasteiger partial charge in [-0.1, -0.05) is 0 Å². The van der Waals surface area contributed by atoms with E-state index in [1.54, 1.807) is 30.3 Å². The van der Waals surface area contributed by atoms with E-state index in [9.17, 15) is 9.59 Å². The highest BCUT2D eigenvalue weighted by atomic mass is 79.9. The van der Waals surface area contributed by atoms with Gasteiger partial charge in [-0.15, -0.1) is 0 Å². The molecule has 1 aliphatic heterocycles. The van der Waals surface area contributed by atoms with E-state index in [0.29, 0.717) is 32.8 Å². The topological polar surface area (TPSA) is 92.6 Å². The highest BCUT2D eigenvalue weighted by Gasteiger charge is 2.25. The first kappa shape index (κ1) is 21.4. The lowest BCUT2D eigenvalue weighted by atomic mass is 10.1.